The van der Waals surface area contributed by atoms with Gasteiger partial charge in [-0.05, 0) is 30.3 Å². The fourth-order valence-electron chi connectivity index (χ4n) is 2.11. The standard InChI is InChI=1S/C16H16N4O5S/c1-24-16-9-13(18-14(10-21)19-16)20-26(22,23)12-6-4-11(5-7-12)17-15-3-2-8-25-15/h2-9,17,21H,10H2,1H3,(H,18,19,20). The molecule has 2 aromatic heterocycles. The minimum Gasteiger partial charge on any atom is -0.481 e. The lowest BCUT2D eigenvalue weighted by molar-refractivity contribution is 0.268. The Morgan fingerprint density at radius 1 is 1.19 bits per heavy atom. The molecule has 10 heteroatoms. The van der Waals surface area contributed by atoms with Gasteiger partial charge in [-0.2, -0.15) is 4.98 Å². The molecule has 0 spiro atoms. The summed E-state index contributed by atoms with van der Waals surface area (Å²) in [6.07, 6.45) is 1.53. The van der Waals surface area contributed by atoms with Crippen LogP contribution in [0.25, 0.3) is 0 Å². The molecule has 9 nitrogen and oxygen atoms in total. The zero-order valence-electron chi connectivity index (χ0n) is 13.7. The van der Waals surface area contributed by atoms with Gasteiger partial charge in [-0.1, -0.05) is 0 Å². The first-order valence-electron chi connectivity index (χ1n) is 7.46. The minimum atomic E-state index is -3.87. The molecule has 0 aliphatic rings. The smallest absolute Gasteiger partial charge is 0.263 e. The molecular weight excluding hydrogens is 360 g/mol. The van der Waals surface area contributed by atoms with Crippen LogP contribution < -0.4 is 14.8 Å². The van der Waals surface area contributed by atoms with Crippen LogP contribution in [0, 0.1) is 0 Å². The highest BCUT2D eigenvalue weighted by molar-refractivity contribution is 7.92. The van der Waals surface area contributed by atoms with Crippen LogP contribution in [0.2, 0.25) is 0 Å². The van der Waals surface area contributed by atoms with Gasteiger partial charge in [0.15, 0.2) is 11.7 Å². The van der Waals surface area contributed by atoms with E-state index < -0.39 is 16.6 Å². The van der Waals surface area contributed by atoms with Crippen molar-refractivity contribution >= 4 is 27.4 Å². The van der Waals surface area contributed by atoms with E-state index in [0.717, 1.165) is 0 Å². The van der Waals surface area contributed by atoms with Crippen LogP contribution in [0.1, 0.15) is 5.82 Å². The summed E-state index contributed by atoms with van der Waals surface area (Å²) in [7, 11) is -2.49. The van der Waals surface area contributed by atoms with Gasteiger partial charge < -0.3 is 19.6 Å². The van der Waals surface area contributed by atoms with Crippen LogP contribution in [-0.4, -0.2) is 30.6 Å². The van der Waals surface area contributed by atoms with Gasteiger partial charge in [-0.25, -0.2) is 13.4 Å². The third-order valence-electron chi connectivity index (χ3n) is 3.29. The van der Waals surface area contributed by atoms with Gasteiger partial charge in [0.1, 0.15) is 12.4 Å². The fourth-order valence-corrected chi connectivity index (χ4v) is 3.10. The SMILES string of the molecule is COc1cc(NS(=O)(=O)c2ccc(Nc3ccco3)cc2)nc(CO)n1. The highest BCUT2D eigenvalue weighted by atomic mass is 32.2. The summed E-state index contributed by atoms with van der Waals surface area (Å²) in [6.45, 7) is -0.445. The summed E-state index contributed by atoms with van der Waals surface area (Å²) >= 11 is 0. The lowest BCUT2D eigenvalue weighted by atomic mass is 10.3. The molecule has 136 valence electrons. The van der Waals surface area contributed by atoms with Crippen LogP contribution in [-0.2, 0) is 16.6 Å². The third kappa shape index (κ3) is 4.10. The number of aliphatic hydroxyl groups is 1. The van der Waals surface area contributed by atoms with Gasteiger partial charge in [0.2, 0.25) is 5.88 Å². The monoisotopic (exact) mass is 376 g/mol. The van der Waals surface area contributed by atoms with E-state index in [1.807, 2.05) is 0 Å². The predicted octanol–water partition coefficient (Wildman–Crippen LogP) is 2.11. The molecule has 0 unspecified atom stereocenters. The van der Waals surface area contributed by atoms with Gasteiger partial charge in [-0.3, -0.25) is 4.72 Å². The summed E-state index contributed by atoms with van der Waals surface area (Å²) < 4.78 is 37.5. The van der Waals surface area contributed by atoms with Crippen molar-refractivity contribution in [1.82, 2.24) is 9.97 Å². The molecule has 0 aliphatic carbocycles. The Labute approximate surface area is 149 Å². The Bertz CT molecular complexity index is 950. The Kier molecular flexibility index (Phi) is 5.05. The molecule has 3 rings (SSSR count). The predicted molar refractivity (Wildman–Crippen MR) is 93.7 cm³/mol. The Morgan fingerprint density at radius 3 is 2.58 bits per heavy atom. The van der Waals surface area contributed by atoms with E-state index in [1.165, 1.54) is 31.6 Å². The van der Waals surface area contributed by atoms with Crippen LogP contribution in [0.3, 0.4) is 0 Å². The van der Waals surface area contributed by atoms with E-state index in [9.17, 15) is 8.42 Å². The number of nitrogens with one attached hydrogen (secondary N) is 2. The fraction of sp³-hybridized carbons (Fsp3) is 0.125. The summed E-state index contributed by atoms with van der Waals surface area (Å²) in [6, 6.07) is 10.9. The molecule has 2 heterocycles. The first-order valence-corrected chi connectivity index (χ1v) is 8.95. The van der Waals surface area contributed by atoms with Crippen LogP contribution in [0.4, 0.5) is 17.4 Å². The van der Waals surface area contributed by atoms with Crippen LogP contribution in [0.5, 0.6) is 5.88 Å². The molecular formula is C16H16N4O5S. The molecule has 1 aromatic carbocycles. The molecule has 0 atom stereocenters. The average molecular weight is 376 g/mol. The summed E-state index contributed by atoms with van der Waals surface area (Å²) in [5.74, 6) is 0.724. The highest BCUT2D eigenvalue weighted by Crippen LogP contribution is 2.21. The molecule has 0 amide bonds. The first-order chi connectivity index (χ1) is 12.5. The van der Waals surface area contributed by atoms with Gasteiger partial charge >= 0.3 is 0 Å². The normalized spacial score (nSPS) is 11.2. The molecule has 0 radical (unpaired) electrons. The number of aromatic nitrogens is 2. The minimum absolute atomic E-state index is 0.00122. The van der Waals surface area contributed by atoms with E-state index in [-0.39, 0.29) is 22.4 Å². The van der Waals surface area contributed by atoms with Crippen molar-refractivity contribution < 1.29 is 22.7 Å². The molecule has 3 aromatic rings. The summed E-state index contributed by atoms with van der Waals surface area (Å²) in [5, 5.41) is 12.2. The second-order valence-corrected chi connectivity index (χ2v) is 6.78. The van der Waals surface area contributed by atoms with E-state index in [1.54, 1.807) is 24.3 Å². The maximum atomic E-state index is 12.5. The van der Waals surface area contributed by atoms with Gasteiger partial charge in [0, 0.05) is 17.8 Å². The third-order valence-corrected chi connectivity index (χ3v) is 4.66. The highest BCUT2D eigenvalue weighted by Gasteiger charge is 2.16. The number of sulfonamides is 1. The lowest BCUT2D eigenvalue weighted by Gasteiger charge is -2.10. The topological polar surface area (TPSA) is 127 Å². The Balaban J connectivity index is 1.79. The van der Waals surface area contributed by atoms with Crippen molar-refractivity contribution in [2.75, 3.05) is 17.1 Å². The number of ether oxygens (including phenoxy) is 1. The molecule has 3 N–H and O–H groups in total. The lowest BCUT2D eigenvalue weighted by Crippen LogP contribution is -2.15. The number of hydrogen-bond donors (Lipinski definition) is 3. The van der Waals surface area contributed by atoms with E-state index in [4.69, 9.17) is 14.3 Å². The number of furan rings is 1. The van der Waals surface area contributed by atoms with E-state index >= 15 is 0 Å². The van der Waals surface area contributed by atoms with E-state index in [2.05, 4.69) is 20.0 Å². The number of benzene rings is 1. The maximum Gasteiger partial charge on any atom is 0.263 e. The second-order valence-electron chi connectivity index (χ2n) is 5.10. The maximum absolute atomic E-state index is 12.5. The zero-order chi connectivity index (χ0) is 18.6. The number of methoxy groups -OCH3 is 1. The zero-order valence-corrected chi connectivity index (χ0v) is 14.5. The van der Waals surface area contributed by atoms with Crippen molar-refractivity contribution in [3.8, 4) is 5.88 Å². The first kappa shape index (κ1) is 17.7. The van der Waals surface area contributed by atoms with Crippen molar-refractivity contribution in [2.45, 2.75) is 11.5 Å². The average Bonchev–Trinajstić information content (AvgIpc) is 3.14. The van der Waals surface area contributed by atoms with Crippen molar-refractivity contribution in [3.05, 3.63) is 54.6 Å². The quantitative estimate of drug-likeness (QED) is 0.572. The number of hydrogen-bond acceptors (Lipinski definition) is 8. The van der Waals surface area contributed by atoms with Crippen LogP contribution >= 0.6 is 0 Å². The molecule has 0 saturated carbocycles. The van der Waals surface area contributed by atoms with E-state index in [0.29, 0.717) is 11.6 Å². The molecule has 26 heavy (non-hydrogen) atoms. The molecule has 0 fully saturated rings. The summed E-state index contributed by atoms with van der Waals surface area (Å²) in [5.41, 5.74) is 0.671. The second kappa shape index (κ2) is 7.42. The molecule has 0 bridgehead atoms. The van der Waals surface area contributed by atoms with Crippen molar-refractivity contribution in [2.24, 2.45) is 0 Å². The largest absolute Gasteiger partial charge is 0.481 e. The Morgan fingerprint density at radius 2 is 1.96 bits per heavy atom. The van der Waals surface area contributed by atoms with Gasteiger partial charge in [0.05, 0.1) is 18.3 Å². The van der Waals surface area contributed by atoms with Crippen LogP contribution in [0.15, 0.2) is 58.0 Å². The van der Waals surface area contributed by atoms with Gasteiger partial charge in [0.25, 0.3) is 10.0 Å². The molecule has 0 aliphatic heterocycles. The summed E-state index contributed by atoms with van der Waals surface area (Å²) in [4.78, 5) is 7.85. The number of rotatable bonds is 7. The number of aliphatic hydroxyl groups excluding tert-OH is 1. The Hall–Kier alpha value is -3.11. The molecule has 0 saturated heterocycles. The van der Waals surface area contributed by atoms with Gasteiger partial charge in [-0.15, -0.1) is 0 Å². The van der Waals surface area contributed by atoms with Crippen molar-refractivity contribution in [3.63, 3.8) is 0 Å². The number of anilines is 3. The number of nitrogens with zero attached hydrogens (tertiary/aromatic N) is 2. The van der Waals surface area contributed by atoms with Crippen molar-refractivity contribution in [1.29, 1.82) is 0 Å².